The number of benzene rings is 1. The van der Waals surface area contributed by atoms with Gasteiger partial charge >= 0.3 is 5.97 Å². The molecule has 0 fully saturated rings. The number of nitrogens with zero attached hydrogens (tertiary/aromatic N) is 1. The minimum atomic E-state index is -0.607. The summed E-state index contributed by atoms with van der Waals surface area (Å²) in [5.74, 6) is -0.865. The van der Waals surface area contributed by atoms with Crippen LogP contribution in [0.5, 0.6) is 0 Å². The summed E-state index contributed by atoms with van der Waals surface area (Å²) in [7, 11) is 1.26. The van der Waals surface area contributed by atoms with Gasteiger partial charge in [0.25, 0.3) is 5.91 Å². The molecule has 0 aliphatic carbocycles. The molecule has 134 valence electrons. The van der Waals surface area contributed by atoms with Crippen molar-refractivity contribution in [3.63, 3.8) is 0 Å². The molecule has 0 saturated heterocycles. The van der Waals surface area contributed by atoms with Crippen molar-refractivity contribution in [2.75, 3.05) is 26.7 Å². The number of ether oxygens (including phenoxy) is 1. The summed E-state index contributed by atoms with van der Waals surface area (Å²) in [6, 6.07) is 13.0. The molecule has 0 aliphatic heterocycles. The van der Waals surface area contributed by atoms with Gasteiger partial charge < -0.3 is 14.5 Å². The third-order valence-corrected chi connectivity index (χ3v) is 4.11. The number of furan rings is 1. The highest BCUT2D eigenvalue weighted by molar-refractivity contribution is 5.93. The SMILES string of the molecule is CCN(CC)[C@H](CNC(=O)c1ccc(C(=O)OC)o1)c1ccccc1. The largest absolute Gasteiger partial charge is 0.463 e. The fourth-order valence-electron chi connectivity index (χ4n) is 2.74. The normalized spacial score (nSPS) is 12.0. The van der Waals surface area contributed by atoms with Crippen molar-refractivity contribution < 1.29 is 18.7 Å². The van der Waals surface area contributed by atoms with E-state index in [1.165, 1.54) is 19.2 Å². The summed E-state index contributed by atoms with van der Waals surface area (Å²) >= 11 is 0. The second kappa shape index (κ2) is 9.03. The van der Waals surface area contributed by atoms with Crippen molar-refractivity contribution >= 4 is 11.9 Å². The third-order valence-electron chi connectivity index (χ3n) is 4.11. The van der Waals surface area contributed by atoms with Gasteiger partial charge in [0.15, 0.2) is 5.76 Å². The fourth-order valence-corrected chi connectivity index (χ4v) is 2.74. The number of carbonyl (C=O) groups excluding carboxylic acids is 2. The molecular formula is C19H24N2O4. The van der Waals surface area contributed by atoms with Crippen LogP contribution < -0.4 is 5.32 Å². The zero-order valence-corrected chi connectivity index (χ0v) is 14.8. The summed E-state index contributed by atoms with van der Waals surface area (Å²) in [5.41, 5.74) is 1.14. The summed E-state index contributed by atoms with van der Waals surface area (Å²) < 4.78 is 9.82. The van der Waals surface area contributed by atoms with E-state index in [-0.39, 0.29) is 23.5 Å². The predicted octanol–water partition coefficient (Wildman–Crippen LogP) is 2.88. The van der Waals surface area contributed by atoms with E-state index in [1.807, 2.05) is 18.2 Å². The lowest BCUT2D eigenvalue weighted by Gasteiger charge is -2.30. The number of esters is 1. The van der Waals surface area contributed by atoms with E-state index in [0.29, 0.717) is 6.54 Å². The van der Waals surface area contributed by atoms with E-state index in [1.54, 1.807) is 0 Å². The van der Waals surface area contributed by atoms with E-state index in [2.05, 4.69) is 40.9 Å². The molecule has 0 aliphatic rings. The molecule has 1 heterocycles. The van der Waals surface area contributed by atoms with Gasteiger partial charge in [-0.05, 0) is 30.8 Å². The van der Waals surface area contributed by atoms with Crippen LogP contribution in [0, 0.1) is 0 Å². The van der Waals surface area contributed by atoms with Crippen LogP contribution in [0.4, 0.5) is 0 Å². The maximum atomic E-state index is 12.3. The molecule has 6 nitrogen and oxygen atoms in total. The molecule has 1 atom stereocenters. The third kappa shape index (κ3) is 4.70. The number of methoxy groups -OCH3 is 1. The summed E-state index contributed by atoms with van der Waals surface area (Å²) in [4.78, 5) is 26.0. The Morgan fingerprint density at radius 1 is 1.08 bits per heavy atom. The summed E-state index contributed by atoms with van der Waals surface area (Å²) in [5, 5.41) is 2.89. The Bertz CT molecular complexity index is 692. The van der Waals surface area contributed by atoms with E-state index in [4.69, 9.17) is 4.42 Å². The first-order chi connectivity index (χ1) is 12.1. The molecule has 1 amide bonds. The minimum absolute atomic E-state index is 0.0102. The number of carbonyl (C=O) groups is 2. The molecule has 0 unspecified atom stereocenters. The predicted molar refractivity (Wildman–Crippen MR) is 94.5 cm³/mol. The lowest BCUT2D eigenvalue weighted by atomic mass is 10.1. The Kier molecular flexibility index (Phi) is 6.77. The Labute approximate surface area is 147 Å². The van der Waals surface area contributed by atoms with E-state index in [0.717, 1.165) is 18.7 Å². The van der Waals surface area contributed by atoms with Gasteiger partial charge in [-0.15, -0.1) is 0 Å². The fraction of sp³-hybridized carbons (Fsp3) is 0.368. The van der Waals surface area contributed by atoms with Crippen LogP contribution in [0.2, 0.25) is 0 Å². The lowest BCUT2D eigenvalue weighted by molar-refractivity contribution is 0.0562. The number of hydrogen-bond donors (Lipinski definition) is 1. The van der Waals surface area contributed by atoms with Gasteiger partial charge in [0.1, 0.15) is 0 Å². The van der Waals surface area contributed by atoms with Crippen LogP contribution in [-0.2, 0) is 4.74 Å². The second-order valence-electron chi connectivity index (χ2n) is 5.51. The van der Waals surface area contributed by atoms with Crippen molar-refractivity contribution in [2.24, 2.45) is 0 Å². The average Bonchev–Trinajstić information content (AvgIpc) is 3.15. The van der Waals surface area contributed by atoms with Crippen LogP contribution in [-0.4, -0.2) is 43.5 Å². The summed E-state index contributed by atoms with van der Waals surface area (Å²) in [6.07, 6.45) is 0. The molecule has 2 aromatic rings. The molecule has 6 heteroatoms. The van der Waals surface area contributed by atoms with E-state index >= 15 is 0 Å². The molecule has 0 spiro atoms. The minimum Gasteiger partial charge on any atom is -0.463 e. The van der Waals surface area contributed by atoms with Crippen molar-refractivity contribution in [2.45, 2.75) is 19.9 Å². The van der Waals surface area contributed by atoms with Gasteiger partial charge in [-0.3, -0.25) is 9.69 Å². The standard InChI is InChI=1S/C19H24N2O4/c1-4-21(5-2)15(14-9-7-6-8-10-14)13-20-18(22)16-11-12-17(25-16)19(23)24-3/h6-12,15H,4-5,13H2,1-3H3,(H,20,22)/t15-/m1/s1. The molecular weight excluding hydrogens is 320 g/mol. The van der Waals surface area contributed by atoms with Crippen LogP contribution in [0.15, 0.2) is 46.9 Å². The van der Waals surface area contributed by atoms with Crippen molar-refractivity contribution in [3.8, 4) is 0 Å². The zero-order valence-electron chi connectivity index (χ0n) is 14.8. The number of nitrogens with one attached hydrogen (secondary N) is 1. The van der Waals surface area contributed by atoms with Gasteiger partial charge in [0.2, 0.25) is 5.76 Å². The first-order valence-electron chi connectivity index (χ1n) is 8.36. The molecule has 1 aromatic carbocycles. The Hall–Kier alpha value is -2.60. The first kappa shape index (κ1) is 18.7. The molecule has 0 radical (unpaired) electrons. The monoisotopic (exact) mass is 344 g/mol. The lowest BCUT2D eigenvalue weighted by Crippen LogP contribution is -2.38. The number of hydrogen-bond acceptors (Lipinski definition) is 5. The molecule has 0 bridgehead atoms. The van der Waals surface area contributed by atoms with Crippen LogP contribution in [0.1, 0.15) is 46.6 Å². The second-order valence-corrected chi connectivity index (χ2v) is 5.51. The highest BCUT2D eigenvalue weighted by Gasteiger charge is 2.21. The number of amides is 1. The number of likely N-dealkylation sites (N-methyl/N-ethyl adjacent to an activating group) is 1. The topological polar surface area (TPSA) is 71.8 Å². The zero-order chi connectivity index (χ0) is 18.2. The van der Waals surface area contributed by atoms with E-state index in [9.17, 15) is 9.59 Å². The van der Waals surface area contributed by atoms with Crippen molar-refractivity contribution in [3.05, 3.63) is 59.5 Å². The van der Waals surface area contributed by atoms with Gasteiger partial charge in [-0.2, -0.15) is 0 Å². The average molecular weight is 344 g/mol. The van der Waals surface area contributed by atoms with Gasteiger partial charge in [-0.1, -0.05) is 44.2 Å². The highest BCUT2D eigenvalue weighted by Crippen LogP contribution is 2.19. The van der Waals surface area contributed by atoms with Crippen molar-refractivity contribution in [1.29, 1.82) is 0 Å². The molecule has 0 saturated carbocycles. The van der Waals surface area contributed by atoms with Gasteiger partial charge in [-0.25, -0.2) is 4.79 Å². The highest BCUT2D eigenvalue weighted by atomic mass is 16.5. The number of rotatable bonds is 8. The Balaban J connectivity index is 2.08. The maximum absolute atomic E-state index is 12.3. The van der Waals surface area contributed by atoms with Crippen LogP contribution >= 0.6 is 0 Å². The quantitative estimate of drug-likeness (QED) is 0.746. The maximum Gasteiger partial charge on any atom is 0.373 e. The van der Waals surface area contributed by atoms with Gasteiger partial charge in [0, 0.05) is 6.54 Å². The smallest absolute Gasteiger partial charge is 0.373 e. The Morgan fingerprint density at radius 3 is 2.32 bits per heavy atom. The molecule has 1 aromatic heterocycles. The van der Waals surface area contributed by atoms with Gasteiger partial charge in [0.05, 0.1) is 13.2 Å². The van der Waals surface area contributed by atoms with Crippen LogP contribution in [0.25, 0.3) is 0 Å². The first-order valence-corrected chi connectivity index (χ1v) is 8.36. The van der Waals surface area contributed by atoms with Crippen LogP contribution in [0.3, 0.4) is 0 Å². The Morgan fingerprint density at radius 2 is 1.72 bits per heavy atom. The summed E-state index contributed by atoms with van der Waals surface area (Å²) in [6.45, 7) is 6.38. The van der Waals surface area contributed by atoms with E-state index < -0.39 is 5.97 Å². The van der Waals surface area contributed by atoms with Crippen molar-refractivity contribution in [1.82, 2.24) is 10.2 Å². The molecule has 25 heavy (non-hydrogen) atoms. The molecule has 1 N–H and O–H groups in total. The molecule has 2 rings (SSSR count).